The third-order valence-electron chi connectivity index (χ3n) is 4.62. The van der Waals surface area contributed by atoms with Gasteiger partial charge in [0.2, 0.25) is 11.9 Å². The molecular weight excluding hydrogens is 318 g/mol. The summed E-state index contributed by atoms with van der Waals surface area (Å²) in [7, 11) is 0. The van der Waals surface area contributed by atoms with Gasteiger partial charge >= 0.3 is 0 Å². The summed E-state index contributed by atoms with van der Waals surface area (Å²) in [6, 6.07) is 8.38. The maximum Gasteiger partial charge on any atom is 0.243 e. The molecular formula is C18H19N5O2. The van der Waals surface area contributed by atoms with Gasteiger partial charge < -0.3 is 9.88 Å². The highest BCUT2D eigenvalue weighted by atomic mass is 16.5. The van der Waals surface area contributed by atoms with Crippen LogP contribution in [0.4, 0.5) is 5.95 Å². The minimum absolute atomic E-state index is 0.210. The van der Waals surface area contributed by atoms with Crippen LogP contribution in [0, 0.1) is 0 Å². The number of carbonyl (C=O) groups excluding carboxylic acids is 1. The molecule has 1 aliphatic rings. The largest absolute Gasteiger partial charge is 0.357 e. The zero-order valence-electron chi connectivity index (χ0n) is 13.7. The van der Waals surface area contributed by atoms with Crippen molar-refractivity contribution in [1.29, 1.82) is 0 Å². The lowest BCUT2D eigenvalue weighted by Crippen LogP contribution is -2.31. The molecule has 4 rings (SSSR count). The Hall–Kier alpha value is -2.93. The van der Waals surface area contributed by atoms with Gasteiger partial charge in [0.1, 0.15) is 0 Å². The topological polar surface area (TPSA) is 94.1 Å². The number of rotatable bonds is 4. The molecule has 2 aromatic heterocycles. The van der Waals surface area contributed by atoms with E-state index >= 15 is 0 Å². The van der Waals surface area contributed by atoms with Crippen LogP contribution in [0.2, 0.25) is 0 Å². The minimum atomic E-state index is -0.411. The Morgan fingerprint density at radius 2 is 2.08 bits per heavy atom. The molecule has 0 radical (unpaired) electrons. The van der Waals surface area contributed by atoms with Crippen molar-refractivity contribution in [3.05, 3.63) is 53.5 Å². The first-order chi connectivity index (χ1) is 12.2. The Bertz CT molecular complexity index is 903. The number of amides is 1. The number of anilines is 1. The van der Waals surface area contributed by atoms with Gasteiger partial charge in [0.15, 0.2) is 0 Å². The highest BCUT2D eigenvalue weighted by Crippen LogP contribution is 2.28. The molecule has 0 spiro atoms. The number of aromatic amines is 1. The molecule has 0 fully saturated rings. The van der Waals surface area contributed by atoms with Gasteiger partial charge in [-0.25, -0.2) is 15.4 Å². The lowest BCUT2D eigenvalue weighted by atomic mass is 10.0. The van der Waals surface area contributed by atoms with Crippen molar-refractivity contribution >= 4 is 22.8 Å². The van der Waals surface area contributed by atoms with Gasteiger partial charge in [-0.05, 0) is 30.0 Å². The number of para-hydroxylation sites is 1. The summed E-state index contributed by atoms with van der Waals surface area (Å²) >= 11 is 0. The number of hydroxylamine groups is 1. The maximum atomic E-state index is 11.1. The smallest absolute Gasteiger partial charge is 0.243 e. The first kappa shape index (κ1) is 15.6. The van der Waals surface area contributed by atoms with E-state index in [9.17, 15) is 4.79 Å². The number of nitrogens with one attached hydrogen (secondary N) is 2. The molecule has 1 aromatic carbocycles. The Labute approximate surface area is 144 Å². The molecule has 3 N–H and O–H groups in total. The minimum Gasteiger partial charge on any atom is -0.357 e. The van der Waals surface area contributed by atoms with Crippen LogP contribution in [0.1, 0.15) is 23.2 Å². The van der Waals surface area contributed by atoms with Crippen LogP contribution in [0.3, 0.4) is 0 Å². The van der Waals surface area contributed by atoms with Crippen molar-refractivity contribution in [3.8, 4) is 0 Å². The summed E-state index contributed by atoms with van der Waals surface area (Å²) in [4.78, 5) is 25.6. The van der Waals surface area contributed by atoms with Crippen molar-refractivity contribution < 1.29 is 10.0 Å². The quantitative estimate of drug-likeness (QED) is 0.500. The van der Waals surface area contributed by atoms with Crippen molar-refractivity contribution in [2.24, 2.45) is 0 Å². The molecule has 3 heterocycles. The van der Waals surface area contributed by atoms with E-state index in [1.165, 1.54) is 22.2 Å². The lowest BCUT2D eigenvalue weighted by Gasteiger charge is -2.27. The molecule has 7 heteroatoms. The molecule has 3 aromatic rings. The third kappa shape index (κ3) is 3.06. The van der Waals surface area contributed by atoms with Crippen LogP contribution in [-0.2, 0) is 24.2 Å². The van der Waals surface area contributed by atoms with Crippen LogP contribution >= 0.6 is 0 Å². The van der Waals surface area contributed by atoms with Crippen LogP contribution in [0.5, 0.6) is 0 Å². The van der Waals surface area contributed by atoms with Gasteiger partial charge in [0.05, 0.1) is 6.54 Å². The number of hydrogen-bond acceptors (Lipinski definition) is 5. The average molecular weight is 337 g/mol. The number of hydrogen-bond donors (Lipinski definition) is 3. The number of carbonyl (C=O) groups is 1. The first-order valence-corrected chi connectivity index (χ1v) is 8.32. The summed E-state index contributed by atoms with van der Waals surface area (Å²) in [5.74, 6) is 0.283. The zero-order valence-corrected chi connectivity index (χ0v) is 13.7. The van der Waals surface area contributed by atoms with Crippen molar-refractivity contribution in [3.63, 3.8) is 0 Å². The number of nitrogens with zero attached hydrogens (tertiary/aromatic N) is 3. The zero-order chi connectivity index (χ0) is 17.2. The Kier molecular flexibility index (Phi) is 4.07. The van der Waals surface area contributed by atoms with E-state index in [1.54, 1.807) is 17.9 Å². The number of H-pyrrole nitrogens is 1. The monoisotopic (exact) mass is 337 g/mol. The second-order valence-corrected chi connectivity index (χ2v) is 6.23. The van der Waals surface area contributed by atoms with Gasteiger partial charge in [-0.15, -0.1) is 0 Å². The van der Waals surface area contributed by atoms with Crippen molar-refractivity contribution in [2.75, 3.05) is 11.4 Å². The average Bonchev–Trinajstić information content (AvgIpc) is 3.04. The van der Waals surface area contributed by atoms with Crippen LogP contribution in [-0.4, -0.2) is 32.6 Å². The van der Waals surface area contributed by atoms with Crippen LogP contribution < -0.4 is 10.4 Å². The van der Waals surface area contributed by atoms with Gasteiger partial charge in [-0.1, -0.05) is 18.2 Å². The first-order valence-electron chi connectivity index (χ1n) is 8.32. The van der Waals surface area contributed by atoms with Gasteiger partial charge in [-0.3, -0.25) is 10.0 Å². The van der Waals surface area contributed by atoms with E-state index in [-0.39, 0.29) is 6.42 Å². The summed E-state index contributed by atoms with van der Waals surface area (Å²) in [6.45, 7) is 1.64. The predicted octanol–water partition coefficient (Wildman–Crippen LogP) is 1.96. The fraction of sp³-hybridized carbons (Fsp3) is 0.278. The number of aryl methyl sites for hydroxylation is 1. The second-order valence-electron chi connectivity index (χ2n) is 6.23. The summed E-state index contributed by atoms with van der Waals surface area (Å²) in [5, 5.41) is 9.82. The summed E-state index contributed by atoms with van der Waals surface area (Å²) in [6.07, 6.45) is 5.16. The standard InChI is InChI=1S/C18H19N5O2/c24-17(22-25)6-5-12-9-19-18(20-10-12)23-8-7-14-13-3-1-2-4-15(13)21-16(14)11-23/h1-4,9-10,21,25H,5-8,11H2,(H,22,24). The predicted molar refractivity (Wildman–Crippen MR) is 93.3 cm³/mol. The number of fused-ring (bicyclic) bond motifs is 3. The fourth-order valence-electron chi connectivity index (χ4n) is 3.32. The molecule has 0 saturated heterocycles. The summed E-state index contributed by atoms with van der Waals surface area (Å²) < 4.78 is 0. The Balaban J connectivity index is 1.49. The molecule has 0 saturated carbocycles. The van der Waals surface area contributed by atoms with Gasteiger partial charge in [-0.2, -0.15) is 0 Å². The molecule has 7 nitrogen and oxygen atoms in total. The maximum absolute atomic E-state index is 11.1. The molecule has 0 aliphatic carbocycles. The van der Waals surface area contributed by atoms with Gasteiger partial charge in [0, 0.05) is 42.0 Å². The van der Waals surface area contributed by atoms with E-state index in [0.717, 1.165) is 25.1 Å². The third-order valence-corrected chi connectivity index (χ3v) is 4.62. The van der Waals surface area contributed by atoms with E-state index in [4.69, 9.17) is 5.21 Å². The highest BCUT2D eigenvalue weighted by molar-refractivity contribution is 5.85. The fourth-order valence-corrected chi connectivity index (χ4v) is 3.32. The normalized spacial score (nSPS) is 13.7. The number of aromatic nitrogens is 3. The molecule has 25 heavy (non-hydrogen) atoms. The van der Waals surface area contributed by atoms with Crippen LogP contribution in [0.15, 0.2) is 36.7 Å². The molecule has 1 aliphatic heterocycles. The Morgan fingerprint density at radius 3 is 2.88 bits per heavy atom. The Morgan fingerprint density at radius 1 is 1.28 bits per heavy atom. The van der Waals surface area contributed by atoms with E-state index in [0.29, 0.717) is 12.4 Å². The number of benzene rings is 1. The van der Waals surface area contributed by atoms with Crippen LogP contribution in [0.25, 0.3) is 10.9 Å². The van der Waals surface area contributed by atoms with E-state index in [2.05, 4.69) is 38.1 Å². The van der Waals surface area contributed by atoms with Crippen molar-refractivity contribution in [1.82, 2.24) is 20.4 Å². The SMILES string of the molecule is O=C(CCc1cnc(N2CCc3c([nH]c4ccccc34)C2)nc1)NO. The molecule has 0 atom stereocenters. The van der Waals surface area contributed by atoms with E-state index in [1.807, 2.05) is 6.07 Å². The lowest BCUT2D eigenvalue weighted by molar-refractivity contribution is -0.129. The molecule has 128 valence electrons. The second kappa shape index (κ2) is 6.52. The molecule has 1 amide bonds. The molecule has 0 bridgehead atoms. The highest BCUT2D eigenvalue weighted by Gasteiger charge is 2.22. The summed E-state index contributed by atoms with van der Waals surface area (Å²) in [5.41, 5.74) is 6.28. The van der Waals surface area contributed by atoms with Crippen molar-refractivity contribution in [2.45, 2.75) is 25.8 Å². The molecule has 0 unspecified atom stereocenters. The van der Waals surface area contributed by atoms with Gasteiger partial charge in [0.25, 0.3) is 0 Å². The van der Waals surface area contributed by atoms with E-state index < -0.39 is 5.91 Å².